The van der Waals surface area contributed by atoms with E-state index < -0.39 is 0 Å². The second-order valence-corrected chi connectivity index (χ2v) is 5.81. The summed E-state index contributed by atoms with van der Waals surface area (Å²) >= 11 is 0. The van der Waals surface area contributed by atoms with Gasteiger partial charge in [-0.05, 0) is 70.0 Å². The molecular weight excluding hydrogens is 184 g/mol. The Labute approximate surface area is 94.2 Å². The largest absolute Gasteiger partial charge is 0.330 e. The van der Waals surface area contributed by atoms with Crippen molar-refractivity contribution < 1.29 is 0 Å². The molecule has 0 saturated heterocycles. The zero-order chi connectivity index (χ0) is 10.9. The molecule has 15 heavy (non-hydrogen) atoms. The van der Waals surface area contributed by atoms with Crippen LogP contribution in [0.3, 0.4) is 0 Å². The smallest absolute Gasteiger partial charge is 0.00925 e. The van der Waals surface area contributed by atoms with E-state index in [9.17, 15) is 0 Å². The minimum Gasteiger partial charge on any atom is -0.330 e. The molecule has 0 aliphatic heterocycles. The highest BCUT2D eigenvalue weighted by atomic mass is 15.1. The van der Waals surface area contributed by atoms with E-state index in [4.69, 9.17) is 5.73 Å². The van der Waals surface area contributed by atoms with E-state index in [0.717, 1.165) is 23.9 Å². The van der Waals surface area contributed by atoms with Gasteiger partial charge in [0.2, 0.25) is 0 Å². The Morgan fingerprint density at radius 1 is 1.27 bits per heavy atom. The van der Waals surface area contributed by atoms with Gasteiger partial charge in [0.1, 0.15) is 0 Å². The summed E-state index contributed by atoms with van der Waals surface area (Å²) in [5.41, 5.74) is 6.44. The highest BCUT2D eigenvalue weighted by Gasteiger charge is 2.45. The Bertz CT molecular complexity index is 199. The van der Waals surface area contributed by atoms with Gasteiger partial charge in [-0.2, -0.15) is 0 Å². The van der Waals surface area contributed by atoms with Gasteiger partial charge in [-0.3, -0.25) is 0 Å². The van der Waals surface area contributed by atoms with Gasteiger partial charge in [-0.1, -0.05) is 6.92 Å². The maximum absolute atomic E-state index is 5.71. The van der Waals surface area contributed by atoms with E-state index in [0.29, 0.717) is 0 Å². The number of hydrogen-bond donors (Lipinski definition) is 1. The van der Waals surface area contributed by atoms with Crippen molar-refractivity contribution >= 4 is 0 Å². The van der Waals surface area contributed by atoms with Crippen LogP contribution in [0.25, 0.3) is 0 Å². The lowest BCUT2D eigenvalue weighted by molar-refractivity contribution is -0.00437. The molecule has 2 saturated carbocycles. The fourth-order valence-electron chi connectivity index (χ4n) is 3.65. The molecule has 2 nitrogen and oxygen atoms in total. The summed E-state index contributed by atoms with van der Waals surface area (Å²) in [6.45, 7) is 4.38. The van der Waals surface area contributed by atoms with E-state index in [1.165, 1.54) is 45.1 Å². The second-order valence-electron chi connectivity index (χ2n) is 5.81. The third-order valence-electron chi connectivity index (χ3n) is 4.91. The van der Waals surface area contributed by atoms with Gasteiger partial charge >= 0.3 is 0 Å². The molecule has 2 fully saturated rings. The predicted molar refractivity (Wildman–Crippen MR) is 64.8 cm³/mol. The summed E-state index contributed by atoms with van der Waals surface area (Å²) in [4.78, 5) is 2.52. The fraction of sp³-hybridized carbons (Fsp3) is 1.00. The average molecular weight is 210 g/mol. The summed E-state index contributed by atoms with van der Waals surface area (Å²) in [6, 6.07) is 0.859. The van der Waals surface area contributed by atoms with Gasteiger partial charge < -0.3 is 10.6 Å². The highest BCUT2D eigenvalue weighted by molar-refractivity contribution is 4.98. The van der Waals surface area contributed by atoms with Crippen LogP contribution in [-0.2, 0) is 0 Å². The van der Waals surface area contributed by atoms with Crippen molar-refractivity contribution in [3.8, 4) is 0 Å². The first-order chi connectivity index (χ1) is 7.19. The molecule has 0 aromatic heterocycles. The Hall–Kier alpha value is -0.0800. The molecule has 0 radical (unpaired) electrons. The minimum atomic E-state index is 0.731. The van der Waals surface area contributed by atoms with Crippen LogP contribution in [0.1, 0.15) is 45.4 Å². The lowest BCUT2D eigenvalue weighted by atomic mass is 9.55. The monoisotopic (exact) mass is 210 g/mol. The maximum atomic E-state index is 5.71. The molecule has 0 unspecified atom stereocenters. The molecule has 88 valence electrons. The lowest BCUT2D eigenvalue weighted by Gasteiger charge is -2.52. The third-order valence-corrected chi connectivity index (χ3v) is 4.91. The van der Waals surface area contributed by atoms with Crippen LogP contribution in [0.15, 0.2) is 0 Å². The van der Waals surface area contributed by atoms with Crippen LogP contribution < -0.4 is 5.73 Å². The topological polar surface area (TPSA) is 29.3 Å². The fourth-order valence-corrected chi connectivity index (χ4v) is 3.65. The molecular formula is C13H26N2. The molecule has 0 heterocycles. The summed E-state index contributed by atoms with van der Waals surface area (Å²) < 4.78 is 0. The van der Waals surface area contributed by atoms with Gasteiger partial charge in [-0.15, -0.1) is 0 Å². The second kappa shape index (κ2) is 4.42. The zero-order valence-corrected chi connectivity index (χ0v) is 10.3. The molecule has 2 rings (SSSR count). The van der Waals surface area contributed by atoms with Crippen LogP contribution >= 0.6 is 0 Å². The summed E-state index contributed by atoms with van der Waals surface area (Å²) in [6.07, 6.45) is 8.60. The average Bonchev–Trinajstić information content (AvgIpc) is 2.25. The molecule has 2 heteroatoms. The molecule has 2 aliphatic rings. The minimum absolute atomic E-state index is 0.731. The number of hydrogen-bond acceptors (Lipinski definition) is 2. The van der Waals surface area contributed by atoms with E-state index >= 15 is 0 Å². The third kappa shape index (κ3) is 2.21. The van der Waals surface area contributed by atoms with Crippen molar-refractivity contribution in [2.24, 2.45) is 17.1 Å². The van der Waals surface area contributed by atoms with Crippen LogP contribution in [0.4, 0.5) is 0 Å². The highest BCUT2D eigenvalue weighted by Crippen LogP contribution is 2.54. The number of nitrogens with two attached hydrogens (primary N) is 1. The molecule has 2 N–H and O–H groups in total. The van der Waals surface area contributed by atoms with E-state index in [1.54, 1.807) is 0 Å². The Balaban J connectivity index is 1.78. The molecule has 1 spiro atoms. The molecule has 0 bridgehead atoms. The zero-order valence-electron chi connectivity index (χ0n) is 10.3. The van der Waals surface area contributed by atoms with Crippen molar-refractivity contribution in [2.45, 2.75) is 51.5 Å². The van der Waals surface area contributed by atoms with Crippen LogP contribution in [0.5, 0.6) is 0 Å². The van der Waals surface area contributed by atoms with Gasteiger partial charge in [0, 0.05) is 6.04 Å². The lowest BCUT2D eigenvalue weighted by Crippen LogP contribution is -2.46. The van der Waals surface area contributed by atoms with Crippen molar-refractivity contribution in [1.82, 2.24) is 4.90 Å². The first kappa shape index (κ1) is 11.4. The van der Waals surface area contributed by atoms with Gasteiger partial charge in [-0.25, -0.2) is 0 Å². The quantitative estimate of drug-likeness (QED) is 0.774. The maximum Gasteiger partial charge on any atom is 0.00925 e. The molecule has 0 aromatic carbocycles. The number of nitrogens with zero attached hydrogens (tertiary/aromatic N) is 1. The molecule has 2 aliphatic carbocycles. The van der Waals surface area contributed by atoms with Crippen molar-refractivity contribution in [2.75, 3.05) is 20.1 Å². The molecule has 0 atom stereocenters. The van der Waals surface area contributed by atoms with Crippen LogP contribution in [0.2, 0.25) is 0 Å². The van der Waals surface area contributed by atoms with Crippen LogP contribution in [0, 0.1) is 11.3 Å². The van der Waals surface area contributed by atoms with Gasteiger partial charge in [0.15, 0.2) is 0 Å². The Morgan fingerprint density at radius 3 is 2.33 bits per heavy atom. The van der Waals surface area contributed by atoms with Crippen molar-refractivity contribution in [3.05, 3.63) is 0 Å². The SMILES string of the molecule is CCN(C)C1CCC2(CC1)CC(CN)C2. The van der Waals surface area contributed by atoms with E-state index in [1.807, 2.05) is 0 Å². The molecule has 0 amide bonds. The van der Waals surface area contributed by atoms with E-state index in [2.05, 4.69) is 18.9 Å². The Morgan fingerprint density at radius 2 is 1.87 bits per heavy atom. The number of rotatable bonds is 3. The standard InChI is InChI=1S/C13H26N2/c1-3-15(2)12-4-6-13(7-5-12)8-11(9-13)10-14/h11-12H,3-10,14H2,1-2H3. The first-order valence-corrected chi connectivity index (χ1v) is 6.59. The predicted octanol–water partition coefficient (Wildman–Crippen LogP) is 2.24. The van der Waals surface area contributed by atoms with Gasteiger partial charge in [0.05, 0.1) is 0 Å². The van der Waals surface area contributed by atoms with Crippen molar-refractivity contribution in [1.29, 1.82) is 0 Å². The summed E-state index contributed by atoms with van der Waals surface area (Å²) in [7, 11) is 2.27. The summed E-state index contributed by atoms with van der Waals surface area (Å²) in [5, 5.41) is 0. The molecule has 0 aromatic rings. The Kier molecular flexibility index (Phi) is 3.36. The van der Waals surface area contributed by atoms with Crippen LogP contribution in [-0.4, -0.2) is 31.1 Å². The van der Waals surface area contributed by atoms with E-state index in [-0.39, 0.29) is 0 Å². The summed E-state index contributed by atoms with van der Waals surface area (Å²) in [5.74, 6) is 0.852. The van der Waals surface area contributed by atoms with Crippen molar-refractivity contribution in [3.63, 3.8) is 0 Å². The normalized spacial score (nSPS) is 40.8. The van der Waals surface area contributed by atoms with Gasteiger partial charge in [0.25, 0.3) is 0 Å². The first-order valence-electron chi connectivity index (χ1n) is 6.59.